The average Bonchev–Trinajstić information content (AvgIpc) is 2.31. The Hall–Kier alpha value is -0.570. The average molecular weight is 285 g/mol. The molecule has 120 valence electrons. The van der Waals surface area contributed by atoms with Crippen LogP contribution in [0.15, 0.2) is 0 Å². The first-order valence-corrected chi connectivity index (χ1v) is 7.96. The third-order valence-corrected chi connectivity index (χ3v) is 4.17. The highest BCUT2D eigenvalue weighted by atomic mass is 16.5. The highest BCUT2D eigenvalue weighted by Crippen LogP contribution is 2.40. The van der Waals surface area contributed by atoms with E-state index in [-0.39, 0.29) is 17.3 Å². The Kier molecular flexibility index (Phi) is 7.79. The molecule has 0 heterocycles. The van der Waals surface area contributed by atoms with E-state index in [1.807, 2.05) is 6.92 Å². The Bertz CT molecular complexity index is 290. The number of nitrogens with zero attached hydrogens (tertiary/aromatic N) is 1. The fraction of sp³-hybridized carbons (Fsp3) is 0.941. The van der Waals surface area contributed by atoms with Crippen LogP contribution in [0.25, 0.3) is 0 Å². The molecule has 0 fully saturated rings. The predicted octanol–water partition coefficient (Wildman–Crippen LogP) is 3.97. The molecule has 0 aliphatic heterocycles. The Morgan fingerprint density at radius 2 is 1.60 bits per heavy atom. The summed E-state index contributed by atoms with van der Waals surface area (Å²) in [5.74, 6) is 0.234. The fourth-order valence-electron chi connectivity index (χ4n) is 2.59. The monoisotopic (exact) mass is 285 g/mol. The molecule has 0 aromatic heterocycles. The van der Waals surface area contributed by atoms with Crippen LogP contribution in [0.3, 0.4) is 0 Å². The van der Waals surface area contributed by atoms with Gasteiger partial charge in [-0.2, -0.15) is 0 Å². The van der Waals surface area contributed by atoms with Crippen molar-refractivity contribution >= 4 is 5.97 Å². The molecule has 0 saturated carbocycles. The molecule has 0 saturated heterocycles. The summed E-state index contributed by atoms with van der Waals surface area (Å²) in [7, 11) is 0. The van der Waals surface area contributed by atoms with Gasteiger partial charge in [0.2, 0.25) is 0 Å². The van der Waals surface area contributed by atoms with Gasteiger partial charge in [0.15, 0.2) is 0 Å². The molecule has 0 aliphatic rings. The summed E-state index contributed by atoms with van der Waals surface area (Å²) in [5, 5.41) is 0. The van der Waals surface area contributed by atoms with Crippen molar-refractivity contribution in [2.24, 2.45) is 16.7 Å². The lowest BCUT2D eigenvalue weighted by Gasteiger charge is -2.37. The van der Waals surface area contributed by atoms with Gasteiger partial charge in [0.1, 0.15) is 6.61 Å². The van der Waals surface area contributed by atoms with Crippen molar-refractivity contribution in [3.05, 3.63) is 0 Å². The third-order valence-electron chi connectivity index (χ3n) is 4.17. The molecule has 0 amide bonds. The van der Waals surface area contributed by atoms with E-state index in [2.05, 4.69) is 53.4 Å². The molecule has 0 bridgehead atoms. The first-order valence-electron chi connectivity index (χ1n) is 7.96. The van der Waals surface area contributed by atoms with E-state index in [0.717, 1.165) is 26.1 Å². The Labute approximate surface area is 126 Å². The van der Waals surface area contributed by atoms with Crippen molar-refractivity contribution in [1.29, 1.82) is 0 Å². The molecule has 0 aromatic carbocycles. The maximum absolute atomic E-state index is 12.5. The van der Waals surface area contributed by atoms with Crippen LogP contribution in [0.1, 0.15) is 61.8 Å². The molecule has 0 rings (SSSR count). The molecular formula is C17H35NO2. The number of carbonyl (C=O) groups excluding carboxylic acids is 1. The number of ether oxygens (including phenoxy) is 1. The number of rotatable bonds is 8. The number of hydrogen-bond donors (Lipinski definition) is 0. The van der Waals surface area contributed by atoms with Crippen LogP contribution < -0.4 is 0 Å². The molecule has 3 nitrogen and oxygen atoms in total. The molecule has 1 unspecified atom stereocenters. The third kappa shape index (κ3) is 6.25. The standard InChI is InChI=1S/C17H35NO2/c1-9-18(10-2)11-12-20-15(19)17(8,14(3)4)13-16(5,6)7/h14H,9-13H2,1-8H3. The van der Waals surface area contributed by atoms with Crippen LogP contribution in [0.5, 0.6) is 0 Å². The second-order valence-corrected chi connectivity index (χ2v) is 7.47. The first kappa shape index (κ1) is 19.4. The van der Waals surface area contributed by atoms with Gasteiger partial charge in [-0.1, -0.05) is 48.5 Å². The SMILES string of the molecule is CCN(CC)CCOC(=O)C(C)(CC(C)(C)C)C(C)C. The van der Waals surface area contributed by atoms with Gasteiger partial charge in [0.25, 0.3) is 0 Å². The van der Waals surface area contributed by atoms with Gasteiger partial charge >= 0.3 is 5.97 Å². The summed E-state index contributed by atoms with van der Waals surface area (Å²) >= 11 is 0. The van der Waals surface area contributed by atoms with E-state index in [4.69, 9.17) is 4.74 Å². The van der Waals surface area contributed by atoms with Crippen LogP contribution in [0.2, 0.25) is 0 Å². The van der Waals surface area contributed by atoms with Gasteiger partial charge in [0.05, 0.1) is 5.41 Å². The van der Waals surface area contributed by atoms with Crippen molar-refractivity contribution in [2.45, 2.75) is 61.8 Å². The van der Waals surface area contributed by atoms with E-state index >= 15 is 0 Å². The van der Waals surface area contributed by atoms with Gasteiger partial charge < -0.3 is 9.64 Å². The minimum absolute atomic E-state index is 0.0467. The minimum Gasteiger partial charge on any atom is -0.464 e. The van der Waals surface area contributed by atoms with Crippen molar-refractivity contribution in [2.75, 3.05) is 26.2 Å². The van der Waals surface area contributed by atoms with Gasteiger partial charge in [-0.05, 0) is 37.8 Å². The van der Waals surface area contributed by atoms with E-state index in [1.54, 1.807) is 0 Å². The largest absolute Gasteiger partial charge is 0.464 e. The molecule has 0 aromatic rings. The van der Waals surface area contributed by atoms with Gasteiger partial charge in [-0.15, -0.1) is 0 Å². The van der Waals surface area contributed by atoms with Gasteiger partial charge in [0, 0.05) is 6.54 Å². The predicted molar refractivity (Wildman–Crippen MR) is 85.8 cm³/mol. The van der Waals surface area contributed by atoms with Crippen molar-refractivity contribution in [3.8, 4) is 0 Å². The zero-order chi connectivity index (χ0) is 16.0. The maximum Gasteiger partial charge on any atom is 0.312 e. The summed E-state index contributed by atoms with van der Waals surface area (Å²) < 4.78 is 5.57. The van der Waals surface area contributed by atoms with E-state index in [9.17, 15) is 4.79 Å². The topological polar surface area (TPSA) is 29.5 Å². The first-order chi connectivity index (χ1) is 9.06. The van der Waals surface area contributed by atoms with Crippen LogP contribution in [-0.2, 0) is 9.53 Å². The number of hydrogen-bond acceptors (Lipinski definition) is 3. The number of likely N-dealkylation sites (N-methyl/N-ethyl adjacent to an activating group) is 1. The summed E-state index contributed by atoms with van der Waals surface area (Å²) in [5.41, 5.74) is -0.279. The quantitative estimate of drug-likeness (QED) is 0.632. The van der Waals surface area contributed by atoms with E-state index in [1.165, 1.54) is 0 Å². The summed E-state index contributed by atoms with van der Waals surface area (Å²) in [6.07, 6.45) is 0.849. The Balaban J connectivity index is 4.59. The molecule has 0 radical (unpaired) electrons. The van der Waals surface area contributed by atoms with Gasteiger partial charge in [-0.25, -0.2) is 0 Å². The number of esters is 1. The lowest BCUT2D eigenvalue weighted by atomic mass is 9.69. The minimum atomic E-state index is -0.401. The second kappa shape index (κ2) is 8.02. The molecular weight excluding hydrogens is 250 g/mol. The van der Waals surface area contributed by atoms with Crippen LogP contribution in [-0.4, -0.2) is 37.1 Å². The fourth-order valence-corrected chi connectivity index (χ4v) is 2.59. The van der Waals surface area contributed by atoms with Crippen LogP contribution in [0, 0.1) is 16.7 Å². The zero-order valence-corrected chi connectivity index (χ0v) is 14.9. The Morgan fingerprint density at radius 3 is 1.95 bits per heavy atom. The van der Waals surface area contributed by atoms with E-state index in [0.29, 0.717) is 6.61 Å². The molecule has 3 heteroatoms. The summed E-state index contributed by atoms with van der Waals surface area (Å²) in [6, 6.07) is 0. The lowest BCUT2D eigenvalue weighted by Crippen LogP contribution is -2.39. The zero-order valence-electron chi connectivity index (χ0n) is 14.9. The number of carbonyl (C=O) groups is 1. The smallest absolute Gasteiger partial charge is 0.312 e. The second-order valence-electron chi connectivity index (χ2n) is 7.47. The van der Waals surface area contributed by atoms with Gasteiger partial charge in [-0.3, -0.25) is 4.79 Å². The highest BCUT2D eigenvalue weighted by molar-refractivity contribution is 5.76. The van der Waals surface area contributed by atoms with Crippen molar-refractivity contribution in [3.63, 3.8) is 0 Å². The summed E-state index contributed by atoms with van der Waals surface area (Å²) in [4.78, 5) is 14.8. The lowest BCUT2D eigenvalue weighted by molar-refractivity contribution is -0.160. The summed E-state index contributed by atoms with van der Waals surface area (Å²) in [6.45, 7) is 20.4. The van der Waals surface area contributed by atoms with E-state index < -0.39 is 5.41 Å². The molecule has 0 aliphatic carbocycles. The van der Waals surface area contributed by atoms with Crippen molar-refractivity contribution < 1.29 is 9.53 Å². The molecule has 1 atom stereocenters. The molecule has 0 spiro atoms. The van der Waals surface area contributed by atoms with Crippen LogP contribution in [0.4, 0.5) is 0 Å². The van der Waals surface area contributed by atoms with Crippen molar-refractivity contribution in [1.82, 2.24) is 4.90 Å². The highest BCUT2D eigenvalue weighted by Gasteiger charge is 2.41. The maximum atomic E-state index is 12.5. The molecule has 20 heavy (non-hydrogen) atoms. The molecule has 0 N–H and O–H groups in total. The van der Waals surface area contributed by atoms with Crippen LogP contribution >= 0.6 is 0 Å². The Morgan fingerprint density at radius 1 is 1.10 bits per heavy atom. The normalized spacial score (nSPS) is 15.5.